The monoisotopic (exact) mass is 527 g/mol. The second-order valence-electron chi connectivity index (χ2n) is 6.00. The Balaban J connectivity index is 0.00000128. The summed E-state index contributed by atoms with van der Waals surface area (Å²) in [5.41, 5.74) is 3.43. The molecule has 0 radical (unpaired) electrons. The average Bonchev–Trinajstić information content (AvgIpc) is 2.93. The van der Waals surface area contributed by atoms with Crippen LogP contribution in [0.5, 0.6) is 0 Å². The summed E-state index contributed by atoms with van der Waals surface area (Å²) < 4.78 is 14.4. The Morgan fingerprint density at radius 3 is 2.54 bits per heavy atom. The largest absolute Gasteiger partial charge is 2.00 e. The number of aliphatic hydroxyl groups is 1. The number of para-hydroxylation sites is 1. The minimum absolute atomic E-state index is 0. The molecule has 1 N–H and O–H groups in total. The van der Waals surface area contributed by atoms with Gasteiger partial charge in [0, 0.05) is 43.7 Å². The van der Waals surface area contributed by atoms with Gasteiger partial charge >= 0.3 is 21.1 Å². The fraction of sp³-hybridized carbons (Fsp3) is 0.526. The Hall–Kier alpha value is 0.598. The average molecular weight is 527 g/mol. The molecular weight excluding hydrogens is 501 g/mol. The van der Waals surface area contributed by atoms with Crippen LogP contribution in [-0.4, -0.2) is 11.3 Å². The van der Waals surface area contributed by atoms with Gasteiger partial charge in [0.2, 0.25) is 0 Å². The molecule has 134 valence electrons. The van der Waals surface area contributed by atoms with Crippen LogP contribution in [0.1, 0.15) is 62.6 Å². The Labute approximate surface area is 189 Å². The summed E-state index contributed by atoms with van der Waals surface area (Å²) in [6.07, 6.45) is 6.49. The van der Waals surface area contributed by atoms with Crippen LogP contribution < -0.4 is 4.98 Å². The van der Waals surface area contributed by atoms with Crippen molar-refractivity contribution in [2.75, 3.05) is 0 Å². The van der Waals surface area contributed by atoms with Crippen LogP contribution in [0.2, 0.25) is 0 Å². The molecule has 1 saturated carbocycles. The molecule has 1 aromatic heterocycles. The van der Waals surface area contributed by atoms with Gasteiger partial charge in [-0.25, -0.2) is 11.5 Å². The van der Waals surface area contributed by atoms with Crippen molar-refractivity contribution in [3.63, 3.8) is 0 Å². The van der Waals surface area contributed by atoms with Crippen LogP contribution in [0.3, 0.4) is 0 Å². The molecule has 2 aromatic rings. The maximum absolute atomic E-state index is 14.4. The molecule has 0 bridgehead atoms. The minimum atomic E-state index is -0.684. The molecule has 1 aliphatic rings. The summed E-state index contributed by atoms with van der Waals surface area (Å²) in [6, 6.07) is 8.25. The predicted molar refractivity (Wildman–Crippen MR) is 89.3 cm³/mol. The van der Waals surface area contributed by atoms with Crippen molar-refractivity contribution in [1.82, 2.24) is 4.98 Å². The Bertz CT molecular complexity index is 590. The zero-order chi connectivity index (χ0) is 15.9. The third kappa shape index (κ3) is 5.81. The molecule has 1 fully saturated rings. The third-order valence-electron chi connectivity index (χ3n) is 4.58. The number of aromatic nitrogens is 1. The van der Waals surface area contributed by atoms with E-state index in [9.17, 15) is 4.39 Å². The van der Waals surface area contributed by atoms with Crippen LogP contribution in [0.25, 0.3) is 10.9 Å². The molecule has 0 saturated heterocycles. The molecule has 2 nitrogen and oxygen atoms in total. The van der Waals surface area contributed by atoms with Crippen LogP contribution in [0.15, 0.2) is 24.3 Å². The second kappa shape index (κ2) is 12.9. The second-order valence-corrected chi connectivity index (χ2v) is 6.00. The zero-order valence-electron chi connectivity index (χ0n) is 14.2. The number of alkyl halides is 1. The van der Waals surface area contributed by atoms with Gasteiger partial charge in [0.25, 0.3) is 0 Å². The standard InChI is InChI=1S/C18H23FN.CH3O.Ar.W/c1-2-3-11-17-18(13-8-4-6-10-15(13)19)14-9-5-7-12-16(14)20-17;1-2;;/h5,7,9,12-13,15H,2-4,6,8,10-11H2,1H3;2H,1H2;;/q2*-1;;+2. The van der Waals surface area contributed by atoms with E-state index in [0.29, 0.717) is 0 Å². The molecule has 2 atom stereocenters. The van der Waals surface area contributed by atoms with Crippen LogP contribution >= 0.6 is 0 Å². The SMILES string of the molecule is CCCCc1[n-]c2ccccc2c1C1CCCCC1F.[Ar].[CH2-]O.[W+2]. The summed E-state index contributed by atoms with van der Waals surface area (Å²) in [5, 5.41) is 7.94. The number of rotatable bonds is 4. The number of unbranched alkanes of at least 4 members (excludes halogenated alkanes) is 1. The van der Waals surface area contributed by atoms with Crippen molar-refractivity contribution in [2.45, 2.75) is 64.0 Å². The number of hydrogen-bond acceptors (Lipinski definition) is 1. The van der Waals surface area contributed by atoms with Crippen LogP contribution in [0, 0.1) is 44.8 Å². The van der Waals surface area contributed by atoms with E-state index in [2.05, 4.69) is 26.2 Å². The number of nitrogens with zero attached hydrogens (tertiary/aromatic N) is 1. The van der Waals surface area contributed by atoms with E-state index in [-0.39, 0.29) is 64.7 Å². The van der Waals surface area contributed by atoms with Crippen molar-refractivity contribution in [3.05, 3.63) is 42.6 Å². The molecule has 24 heavy (non-hydrogen) atoms. The first-order chi connectivity index (χ1) is 10.8. The van der Waals surface area contributed by atoms with Gasteiger partial charge in [-0.1, -0.05) is 62.4 Å². The van der Waals surface area contributed by atoms with E-state index in [1.807, 2.05) is 12.1 Å². The summed E-state index contributed by atoms with van der Waals surface area (Å²) in [7, 11) is 2.25. The summed E-state index contributed by atoms with van der Waals surface area (Å²) in [4.78, 5) is 4.79. The van der Waals surface area contributed by atoms with Crippen LogP contribution in [-0.2, 0) is 27.5 Å². The van der Waals surface area contributed by atoms with Crippen molar-refractivity contribution in [3.8, 4) is 0 Å². The molecule has 0 amide bonds. The van der Waals surface area contributed by atoms with Crippen molar-refractivity contribution in [2.24, 2.45) is 0 Å². The Kier molecular flexibility index (Phi) is 13.2. The van der Waals surface area contributed by atoms with Gasteiger partial charge in [-0.3, -0.25) is 0 Å². The molecule has 1 heterocycles. The number of benzene rings is 1. The first-order valence-electron chi connectivity index (χ1n) is 8.31. The molecule has 5 heteroatoms. The van der Waals surface area contributed by atoms with Crippen molar-refractivity contribution in [1.29, 1.82) is 0 Å². The normalized spacial score (nSPS) is 19.7. The minimum Gasteiger partial charge on any atom is -0.661 e. The van der Waals surface area contributed by atoms with Gasteiger partial charge in [-0.15, -0.1) is 5.52 Å². The van der Waals surface area contributed by atoms with Gasteiger partial charge < -0.3 is 10.1 Å². The molecule has 3 rings (SSSR count). The van der Waals surface area contributed by atoms with E-state index < -0.39 is 6.17 Å². The van der Waals surface area contributed by atoms with Gasteiger partial charge in [-0.05, 0) is 24.6 Å². The molecule has 2 unspecified atom stereocenters. The van der Waals surface area contributed by atoms with E-state index >= 15 is 0 Å². The predicted octanol–water partition coefficient (Wildman–Crippen LogP) is 5.28. The Morgan fingerprint density at radius 2 is 1.88 bits per heavy atom. The Morgan fingerprint density at radius 1 is 1.21 bits per heavy atom. The first kappa shape index (κ1) is 24.6. The van der Waals surface area contributed by atoms with E-state index in [4.69, 9.17) is 10.1 Å². The number of aliphatic hydroxyl groups excluding tert-OH is 1. The summed E-state index contributed by atoms with van der Waals surface area (Å²) in [5.74, 6) is 0.0722. The fourth-order valence-corrected chi connectivity index (χ4v) is 3.52. The molecule has 0 aliphatic heterocycles. The van der Waals surface area contributed by atoms with Crippen molar-refractivity contribution < 1.29 is 68.3 Å². The number of hydrogen-bond donors (Lipinski definition) is 1. The van der Waals surface area contributed by atoms with Gasteiger partial charge in [0.1, 0.15) is 6.17 Å². The molecular formula is C19H26ArFNOW. The first-order valence-corrected chi connectivity index (χ1v) is 8.31. The van der Waals surface area contributed by atoms with Crippen LogP contribution in [0.4, 0.5) is 4.39 Å². The summed E-state index contributed by atoms with van der Waals surface area (Å²) >= 11 is 0. The maximum atomic E-state index is 14.4. The number of aryl methyl sites for hydroxylation is 1. The fourth-order valence-electron chi connectivity index (χ4n) is 3.52. The topological polar surface area (TPSA) is 34.3 Å². The van der Waals surface area contributed by atoms with Gasteiger partial charge in [0.05, 0.1) is 0 Å². The third-order valence-corrected chi connectivity index (χ3v) is 4.58. The quantitative estimate of drug-likeness (QED) is 0.550. The van der Waals surface area contributed by atoms with E-state index in [1.54, 1.807) is 0 Å². The number of fused-ring (bicyclic) bond motifs is 1. The van der Waals surface area contributed by atoms with Gasteiger partial charge in [-0.2, -0.15) is 5.69 Å². The molecule has 1 aliphatic carbocycles. The smallest absolute Gasteiger partial charge is 0.661 e. The maximum Gasteiger partial charge on any atom is 2.00 e. The zero-order valence-corrected chi connectivity index (χ0v) is 17.8. The number of halogens is 1. The molecule has 0 spiro atoms. The van der Waals surface area contributed by atoms with E-state index in [0.717, 1.165) is 56.2 Å². The molecule has 1 aromatic carbocycles. The van der Waals surface area contributed by atoms with Gasteiger partial charge in [0.15, 0.2) is 0 Å². The summed E-state index contributed by atoms with van der Waals surface area (Å²) in [6.45, 7) is 2.20. The van der Waals surface area contributed by atoms with E-state index in [1.165, 1.54) is 10.9 Å². The van der Waals surface area contributed by atoms with Crippen molar-refractivity contribution >= 4 is 10.9 Å².